The zero-order valence-electron chi connectivity index (χ0n) is 18.7. The first-order valence-electron chi connectivity index (χ1n) is 10.4. The SMILES string of the molecule is COCCN(CC(=O)N(Cc1cccn1C)C1CC1)S(=O)(=O)c1ccc([N+](=O)[O-])cc1[N+](=O)[O-]. The maximum Gasteiger partial charge on any atom is 0.296 e. The van der Waals surface area contributed by atoms with Crippen LogP contribution in [-0.4, -0.2) is 70.8 Å². The van der Waals surface area contributed by atoms with E-state index < -0.39 is 48.6 Å². The molecule has 2 aromatic rings. The first-order chi connectivity index (χ1) is 16.1. The van der Waals surface area contributed by atoms with Crippen LogP contribution in [-0.2, 0) is 33.1 Å². The van der Waals surface area contributed by atoms with Gasteiger partial charge in [0, 0.05) is 44.7 Å². The minimum atomic E-state index is -4.56. The molecule has 0 aliphatic heterocycles. The number of methoxy groups -OCH3 is 1. The second-order valence-electron chi connectivity index (χ2n) is 7.86. The number of nitrogens with zero attached hydrogens (tertiary/aromatic N) is 5. The maximum absolute atomic E-state index is 13.4. The summed E-state index contributed by atoms with van der Waals surface area (Å²) in [6.07, 6.45) is 3.44. The molecule has 0 bridgehead atoms. The van der Waals surface area contributed by atoms with Crippen LogP contribution in [0.3, 0.4) is 0 Å². The van der Waals surface area contributed by atoms with Gasteiger partial charge in [0.2, 0.25) is 15.9 Å². The molecule has 3 rings (SSSR count). The van der Waals surface area contributed by atoms with Crippen molar-refractivity contribution in [3.8, 4) is 0 Å². The third kappa shape index (κ3) is 5.58. The fraction of sp³-hybridized carbons (Fsp3) is 0.450. The molecule has 0 unspecified atom stereocenters. The molecule has 0 radical (unpaired) electrons. The van der Waals surface area contributed by atoms with Crippen LogP contribution in [0, 0.1) is 20.2 Å². The fourth-order valence-electron chi connectivity index (χ4n) is 3.48. The van der Waals surface area contributed by atoms with Gasteiger partial charge in [-0.1, -0.05) is 0 Å². The highest BCUT2D eigenvalue weighted by atomic mass is 32.2. The molecule has 1 aliphatic carbocycles. The molecule has 1 heterocycles. The van der Waals surface area contributed by atoms with Gasteiger partial charge in [-0.2, -0.15) is 4.31 Å². The summed E-state index contributed by atoms with van der Waals surface area (Å²) in [7, 11) is -1.36. The topological polar surface area (TPSA) is 158 Å². The highest BCUT2D eigenvalue weighted by Gasteiger charge is 2.38. The quantitative estimate of drug-likeness (QED) is 0.318. The van der Waals surface area contributed by atoms with Crippen molar-refractivity contribution in [3.05, 3.63) is 62.5 Å². The minimum Gasteiger partial charge on any atom is -0.383 e. The van der Waals surface area contributed by atoms with Crippen LogP contribution in [0.2, 0.25) is 0 Å². The number of benzene rings is 1. The molecule has 1 saturated carbocycles. The Bertz CT molecular complexity index is 1190. The number of ether oxygens (including phenoxy) is 1. The van der Waals surface area contributed by atoms with Crippen molar-refractivity contribution in [1.82, 2.24) is 13.8 Å². The Kier molecular flexibility index (Phi) is 7.64. The summed E-state index contributed by atoms with van der Waals surface area (Å²) in [5, 5.41) is 22.5. The predicted octanol–water partition coefficient (Wildman–Crippen LogP) is 1.67. The second kappa shape index (κ2) is 10.3. The third-order valence-electron chi connectivity index (χ3n) is 5.52. The van der Waals surface area contributed by atoms with Crippen molar-refractivity contribution >= 4 is 27.3 Å². The normalized spacial score (nSPS) is 13.7. The van der Waals surface area contributed by atoms with Crippen LogP contribution in [0.25, 0.3) is 0 Å². The predicted molar refractivity (Wildman–Crippen MR) is 119 cm³/mol. The van der Waals surface area contributed by atoms with Gasteiger partial charge in [0.1, 0.15) is 0 Å². The van der Waals surface area contributed by atoms with Crippen LogP contribution in [0.5, 0.6) is 0 Å². The molecular weight excluding hydrogens is 470 g/mol. The Balaban J connectivity index is 1.92. The van der Waals surface area contributed by atoms with E-state index in [1.807, 2.05) is 29.9 Å². The molecule has 13 nitrogen and oxygen atoms in total. The lowest BCUT2D eigenvalue weighted by Crippen LogP contribution is -2.44. The van der Waals surface area contributed by atoms with E-state index in [-0.39, 0.29) is 19.2 Å². The molecule has 0 saturated heterocycles. The van der Waals surface area contributed by atoms with Gasteiger partial charge in [0.05, 0.1) is 35.6 Å². The highest BCUT2D eigenvalue weighted by molar-refractivity contribution is 7.89. The fourth-order valence-corrected chi connectivity index (χ4v) is 4.99. The van der Waals surface area contributed by atoms with Gasteiger partial charge in [-0.05, 0) is 31.0 Å². The first kappa shape index (κ1) is 25.3. The molecule has 0 atom stereocenters. The molecule has 14 heteroatoms. The lowest BCUT2D eigenvalue weighted by atomic mass is 10.3. The summed E-state index contributed by atoms with van der Waals surface area (Å²) in [5.41, 5.74) is -0.683. The van der Waals surface area contributed by atoms with Gasteiger partial charge in [-0.3, -0.25) is 25.0 Å². The molecule has 0 spiro atoms. The highest BCUT2D eigenvalue weighted by Crippen LogP contribution is 2.32. The number of amides is 1. The number of aryl methyl sites for hydroxylation is 1. The monoisotopic (exact) mass is 495 g/mol. The Morgan fingerprint density at radius 2 is 1.91 bits per heavy atom. The van der Waals surface area contributed by atoms with Gasteiger partial charge in [-0.25, -0.2) is 8.42 Å². The number of hydrogen-bond acceptors (Lipinski definition) is 8. The molecule has 1 aromatic heterocycles. The van der Waals surface area contributed by atoms with E-state index >= 15 is 0 Å². The number of nitro benzene ring substituents is 2. The number of aromatic nitrogens is 1. The van der Waals surface area contributed by atoms with Crippen molar-refractivity contribution < 1.29 is 27.8 Å². The molecule has 1 fully saturated rings. The first-order valence-corrected chi connectivity index (χ1v) is 11.8. The number of nitro groups is 2. The summed E-state index contributed by atoms with van der Waals surface area (Å²) in [5.74, 6) is -0.451. The summed E-state index contributed by atoms with van der Waals surface area (Å²) >= 11 is 0. The Morgan fingerprint density at radius 1 is 1.21 bits per heavy atom. The van der Waals surface area contributed by atoms with E-state index in [1.54, 1.807) is 4.90 Å². The van der Waals surface area contributed by atoms with E-state index in [2.05, 4.69) is 0 Å². The Labute approximate surface area is 195 Å². The molecule has 1 amide bonds. The summed E-state index contributed by atoms with van der Waals surface area (Å²) in [4.78, 5) is 34.8. The minimum absolute atomic E-state index is 0.0110. The van der Waals surface area contributed by atoms with Gasteiger partial charge in [0.15, 0.2) is 4.90 Å². The second-order valence-corrected chi connectivity index (χ2v) is 9.77. The smallest absolute Gasteiger partial charge is 0.296 e. The van der Waals surface area contributed by atoms with Gasteiger partial charge < -0.3 is 14.2 Å². The largest absolute Gasteiger partial charge is 0.383 e. The summed E-state index contributed by atoms with van der Waals surface area (Å²) in [6, 6.07) is 5.98. The molecule has 184 valence electrons. The van der Waals surface area contributed by atoms with Crippen LogP contribution >= 0.6 is 0 Å². The number of carbonyl (C=O) groups excluding carboxylic acids is 1. The molecule has 0 N–H and O–H groups in total. The zero-order valence-corrected chi connectivity index (χ0v) is 19.5. The summed E-state index contributed by atoms with van der Waals surface area (Å²) in [6.45, 7) is -0.556. The Hall–Kier alpha value is -3.36. The van der Waals surface area contributed by atoms with Crippen molar-refractivity contribution in [2.45, 2.75) is 30.3 Å². The van der Waals surface area contributed by atoms with E-state index in [0.29, 0.717) is 12.6 Å². The van der Waals surface area contributed by atoms with Gasteiger partial charge in [0.25, 0.3) is 11.4 Å². The molecule has 1 aliphatic rings. The van der Waals surface area contributed by atoms with E-state index in [9.17, 15) is 33.4 Å². The van der Waals surface area contributed by atoms with Crippen molar-refractivity contribution in [2.75, 3.05) is 26.8 Å². The number of rotatable bonds is 12. The lowest BCUT2D eigenvalue weighted by Gasteiger charge is -2.27. The van der Waals surface area contributed by atoms with Crippen molar-refractivity contribution in [3.63, 3.8) is 0 Å². The standard InChI is InChI=1S/C20H25N5O8S/c1-21-9-3-4-17(21)13-23(15-5-6-15)20(26)14-22(10-11-33-2)34(31,32)19-8-7-16(24(27)28)12-18(19)25(29)30/h3-4,7-9,12,15H,5-6,10-11,13-14H2,1-2H3. The van der Waals surface area contributed by atoms with Gasteiger partial charge >= 0.3 is 0 Å². The summed E-state index contributed by atoms with van der Waals surface area (Å²) < 4.78 is 34.4. The average Bonchev–Trinajstić information content (AvgIpc) is 3.55. The average molecular weight is 496 g/mol. The Morgan fingerprint density at radius 3 is 2.44 bits per heavy atom. The van der Waals surface area contributed by atoms with E-state index in [1.165, 1.54) is 7.11 Å². The molecule has 1 aromatic carbocycles. The number of non-ortho nitro benzene ring substituents is 1. The lowest BCUT2D eigenvalue weighted by molar-refractivity contribution is -0.396. The number of carbonyl (C=O) groups is 1. The van der Waals surface area contributed by atoms with E-state index in [4.69, 9.17) is 4.74 Å². The van der Waals surface area contributed by atoms with Gasteiger partial charge in [-0.15, -0.1) is 0 Å². The third-order valence-corrected chi connectivity index (χ3v) is 7.41. The molecular formula is C20H25N5O8S. The van der Waals surface area contributed by atoms with Crippen LogP contribution in [0.4, 0.5) is 11.4 Å². The van der Waals surface area contributed by atoms with Crippen LogP contribution < -0.4 is 0 Å². The maximum atomic E-state index is 13.4. The number of hydrogen-bond donors (Lipinski definition) is 0. The van der Waals surface area contributed by atoms with Crippen molar-refractivity contribution in [2.24, 2.45) is 7.05 Å². The van der Waals surface area contributed by atoms with Crippen molar-refractivity contribution in [1.29, 1.82) is 0 Å². The zero-order chi connectivity index (χ0) is 25.0. The van der Waals surface area contributed by atoms with E-state index in [0.717, 1.165) is 35.0 Å². The molecule has 34 heavy (non-hydrogen) atoms. The van der Waals surface area contributed by atoms with Crippen LogP contribution in [0.1, 0.15) is 18.5 Å². The number of sulfonamides is 1. The van der Waals surface area contributed by atoms with Crippen LogP contribution in [0.15, 0.2) is 41.4 Å².